The maximum absolute atomic E-state index is 12.4. The van der Waals surface area contributed by atoms with E-state index in [1.807, 2.05) is 50.2 Å². The van der Waals surface area contributed by atoms with Gasteiger partial charge in [0.1, 0.15) is 5.75 Å². The minimum atomic E-state index is -0.0293. The van der Waals surface area contributed by atoms with Crippen molar-refractivity contribution < 1.29 is 9.53 Å². The van der Waals surface area contributed by atoms with Gasteiger partial charge >= 0.3 is 0 Å². The molecule has 0 spiro atoms. The first kappa shape index (κ1) is 18.4. The van der Waals surface area contributed by atoms with E-state index >= 15 is 0 Å². The van der Waals surface area contributed by atoms with Gasteiger partial charge in [-0.05, 0) is 50.6 Å². The normalized spacial score (nSPS) is 11.8. The largest absolute Gasteiger partial charge is 0.494 e. The molecule has 0 aromatic heterocycles. The Hall–Kier alpha value is -1.94. The van der Waals surface area contributed by atoms with E-state index in [1.165, 1.54) is 4.90 Å². The summed E-state index contributed by atoms with van der Waals surface area (Å²) >= 11 is 1.74. The van der Waals surface area contributed by atoms with Crippen LogP contribution in [0.25, 0.3) is 0 Å². The molecule has 24 heavy (non-hydrogen) atoms. The van der Waals surface area contributed by atoms with Gasteiger partial charge in [0, 0.05) is 27.8 Å². The highest BCUT2D eigenvalue weighted by Gasteiger charge is 2.12. The van der Waals surface area contributed by atoms with Crippen LogP contribution in [0.4, 0.5) is 0 Å². The fourth-order valence-electron chi connectivity index (χ4n) is 2.22. The minimum absolute atomic E-state index is 0.0293. The van der Waals surface area contributed by atoms with Gasteiger partial charge in [-0.1, -0.05) is 25.1 Å². The Morgan fingerprint density at radius 2 is 1.92 bits per heavy atom. The molecular weight excluding hydrogens is 318 g/mol. The van der Waals surface area contributed by atoms with Crippen LogP contribution in [-0.2, 0) is 5.75 Å². The molecule has 0 saturated heterocycles. The molecular formula is C20H25NO2S. The van der Waals surface area contributed by atoms with E-state index in [9.17, 15) is 4.79 Å². The second kappa shape index (κ2) is 9.38. The second-order valence-electron chi connectivity index (χ2n) is 5.64. The Kier molecular flexibility index (Phi) is 7.19. The first-order valence-electron chi connectivity index (χ1n) is 8.38. The van der Waals surface area contributed by atoms with Crippen molar-refractivity contribution in [2.24, 2.45) is 0 Å². The fourth-order valence-corrected chi connectivity index (χ4v) is 3.11. The summed E-state index contributed by atoms with van der Waals surface area (Å²) in [6.07, 6.45) is 0.916. The van der Waals surface area contributed by atoms with Crippen LogP contribution in [0, 0.1) is 0 Å². The van der Waals surface area contributed by atoms with Crippen molar-refractivity contribution in [2.45, 2.75) is 43.9 Å². The maximum Gasteiger partial charge on any atom is 0.251 e. The molecule has 0 aliphatic rings. The summed E-state index contributed by atoms with van der Waals surface area (Å²) < 4.78 is 5.72. The van der Waals surface area contributed by atoms with Crippen molar-refractivity contribution in [1.29, 1.82) is 0 Å². The van der Waals surface area contributed by atoms with Gasteiger partial charge in [-0.15, -0.1) is 11.8 Å². The Labute approximate surface area is 148 Å². The van der Waals surface area contributed by atoms with Crippen LogP contribution in [-0.4, -0.2) is 18.6 Å². The molecule has 0 aliphatic carbocycles. The van der Waals surface area contributed by atoms with Crippen molar-refractivity contribution in [2.75, 3.05) is 6.61 Å². The van der Waals surface area contributed by atoms with Crippen LogP contribution in [0.2, 0.25) is 0 Å². The molecule has 3 nitrogen and oxygen atoms in total. The molecule has 128 valence electrons. The van der Waals surface area contributed by atoms with Crippen molar-refractivity contribution >= 4 is 17.7 Å². The molecule has 0 bridgehead atoms. The smallest absolute Gasteiger partial charge is 0.251 e. The van der Waals surface area contributed by atoms with Gasteiger partial charge in [0.15, 0.2) is 0 Å². The molecule has 1 atom stereocenters. The predicted molar refractivity (Wildman–Crippen MR) is 101 cm³/mol. The van der Waals surface area contributed by atoms with Gasteiger partial charge in [0.05, 0.1) is 6.61 Å². The number of benzene rings is 2. The number of carbonyl (C=O) groups excluding carboxylic acids is 1. The highest BCUT2D eigenvalue weighted by atomic mass is 32.2. The lowest BCUT2D eigenvalue weighted by molar-refractivity contribution is 0.0939. The third kappa shape index (κ3) is 5.31. The van der Waals surface area contributed by atoms with Crippen molar-refractivity contribution in [3.63, 3.8) is 0 Å². The first-order valence-corrected chi connectivity index (χ1v) is 9.37. The molecule has 0 radical (unpaired) electrons. The van der Waals surface area contributed by atoms with E-state index in [1.54, 1.807) is 11.8 Å². The monoisotopic (exact) mass is 343 g/mol. The lowest BCUT2D eigenvalue weighted by Crippen LogP contribution is -2.31. The number of amides is 1. The van der Waals surface area contributed by atoms with E-state index in [4.69, 9.17) is 4.74 Å². The van der Waals surface area contributed by atoms with Gasteiger partial charge in [-0.2, -0.15) is 0 Å². The van der Waals surface area contributed by atoms with Crippen LogP contribution in [0.1, 0.15) is 43.1 Å². The van der Waals surface area contributed by atoms with Crippen molar-refractivity contribution in [3.05, 3.63) is 59.7 Å². The fraction of sp³-hybridized carbons (Fsp3) is 0.350. The first-order chi connectivity index (χ1) is 11.6. The van der Waals surface area contributed by atoms with E-state index in [0.29, 0.717) is 12.2 Å². The van der Waals surface area contributed by atoms with Gasteiger partial charge in [-0.25, -0.2) is 0 Å². The third-order valence-corrected chi connectivity index (χ3v) is 4.81. The zero-order chi connectivity index (χ0) is 17.4. The number of rotatable bonds is 8. The zero-order valence-corrected chi connectivity index (χ0v) is 15.4. The minimum Gasteiger partial charge on any atom is -0.494 e. The van der Waals surface area contributed by atoms with E-state index in [2.05, 4.69) is 24.4 Å². The van der Waals surface area contributed by atoms with Crippen molar-refractivity contribution in [1.82, 2.24) is 5.32 Å². The zero-order valence-electron chi connectivity index (χ0n) is 14.5. The molecule has 2 aromatic carbocycles. The number of hydrogen-bond acceptors (Lipinski definition) is 3. The summed E-state index contributed by atoms with van der Waals surface area (Å²) in [5.74, 6) is 1.59. The molecule has 0 saturated carbocycles. The Morgan fingerprint density at radius 3 is 2.58 bits per heavy atom. The lowest BCUT2D eigenvalue weighted by Gasteiger charge is -2.14. The molecule has 0 aliphatic heterocycles. The van der Waals surface area contributed by atoms with Crippen LogP contribution < -0.4 is 10.1 Å². The number of hydrogen-bond donors (Lipinski definition) is 1. The predicted octanol–water partition coefficient (Wildman–Crippen LogP) is 4.91. The van der Waals surface area contributed by atoms with Crippen LogP contribution in [0.5, 0.6) is 5.75 Å². The van der Waals surface area contributed by atoms with Gasteiger partial charge in [0.25, 0.3) is 5.91 Å². The summed E-state index contributed by atoms with van der Waals surface area (Å²) in [6.45, 7) is 6.66. The van der Waals surface area contributed by atoms with Crippen LogP contribution in [0.3, 0.4) is 0 Å². The van der Waals surface area contributed by atoms with Gasteiger partial charge < -0.3 is 10.1 Å². The van der Waals surface area contributed by atoms with E-state index in [0.717, 1.165) is 23.5 Å². The lowest BCUT2D eigenvalue weighted by atomic mass is 10.1. The summed E-state index contributed by atoms with van der Waals surface area (Å²) in [5.41, 5.74) is 1.73. The van der Waals surface area contributed by atoms with Crippen LogP contribution in [0.15, 0.2) is 53.4 Å². The topological polar surface area (TPSA) is 38.3 Å². The standard InChI is InChI=1S/C20H25NO2S/c1-4-15(3)21-20(22)16-11-12-19(23-5-2)17(13-16)14-24-18-9-7-6-8-10-18/h6-13,15H,4-5,14H2,1-3H3,(H,21,22)/t15-/m0/s1. The highest BCUT2D eigenvalue weighted by molar-refractivity contribution is 7.98. The number of carbonyl (C=O) groups is 1. The van der Waals surface area contributed by atoms with Gasteiger partial charge in [0.2, 0.25) is 0 Å². The molecule has 1 N–H and O–H groups in total. The average Bonchev–Trinajstić information content (AvgIpc) is 2.61. The Morgan fingerprint density at radius 1 is 1.17 bits per heavy atom. The SMILES string of the molecule is CCOc1ccc(C(=O)N[C@@H](C)CC)cc1CSc1ccccc1. The molecule has 0 heterocycles. The molecule has 1 amide bonds. The molecule has 2 rings (SSSR count). The second-order valence-corrected chi connectivity index (χ2v) is 6.69. The van der Waals surface area contributed by atoms with Crippen LogP contribution >= 0.6 is 11.8 Å². The Bertz CT molecular complexity index is 658. The quantitative estimate of drug-likeness (QED) is 0.692. The Balaban J connectivity index is 2.16. The molecule has 0 fully saturated rings. The van der Waals surface area contributed by atoms with E-state index < -0.39 is 0 Å². The number of thioether (sulfide) groups is 1. The van der Waals surface area contributed by atoms with Gasteiger partial charge in [-0.3, -0.25) is 4.79 Å². The summed E-state index contributed by atoms with van der Waals surface area (Å²) in [4.78, 5) is 13.6. The molecule has 0 unspecified atom stereocenters. The molecule has 2 aromatic rings. The summed E-state index contributed by atoms with van der Waals surface area (Å²) in [6, 6.07) is 16.1. The van der Waals surface area contributed by atoms with E-state index in [-0.39, 0.29) is 11.9 Å². The summed E-state index contributed by atoms with van der Waals surface area (Å²) in [5, 5.41) is 3.01. The molecule has 4 heteroatoms. The third-order valence-electron chi connectivity index (χ3n) is 3.75. The van der Waals surface area contributed by atoms with Crippen molar-refractivity contribution in [3.8, 4) is 5.75 Å². The highest BCUT2D eigenvalue weighted by Crippen LogP contribution is 2.29. The maximum atomic E-state index is 12.4. The summed E-state index contributed by atoms with van der Waals surface area (Å²) in [7, 11) is 0. The number of nitrogens with one attached hydrogen (secondary N) is 1. The number of ether oxygens (including phenoxy) is 1. The average molecular weight is 343 g/mol.